The number of hydrogen-bond acceptors (Lipinski definition) is 7. The molecular formula is C26H18F4N6O3S. The lowest BCUT2D eigenvalue weighted by atomic mass is 10.0. The summed E-state index contributed by atoms with van der Waals surface area (Å²) >= 11 is 0. The van der Waals surface area contributed by atoms with Gasteiger partial charge in [0.15, 0.2) is 5.82 Å². The van der Waals surface area contributed by atoms with Crippen LogP contribution < -0.4 is 9.62 Å². The van der Waals surface area contributed by atoms with E-state index in [-0.39, 0.29) is 16.6 Å². The molecule has 0 aliphatic rings. The lowest BCUT2D eigenvalue weighted by Crippen LogP contribution is -2.17. The number of nitrogens with one attached hydrogen (secondary N) is 2. The molecule has 0 atom stereocenters. The largest absolute Gasteiger partial charge is 0.347 e. The predicted octanol–water partition coefficient (Wildman–Crippen LogP) is 4.67. The number of rotatable bonds is 7. The van der Waals surface area contributed by atoms with Crippen LogP contribution in [0.1, 0.15) is 15.9 Å². The first kappa shape index (κ1) is 26.7. The van der Waals surface area contributed by atoms with Crippen LogP contribution in [0.15, 0.2) is 66.1 Å². The molecule has 0 saturated heterocycles. The van der Waals surface area contributed by atoms with Gasteiger partial charge in [-0.2, -0.15) is 0 Å². The first-order chi connectivity index (χ1) is 19.0. The number of pyridine rings is 1. The second-order valence-electron chi connectivity index (χ2n) is 8.78. The van der Waals surface area contributed by atoms with E-state index in [1.807, 2.05) is 0 Å². The highest BCUT2D eigenvalue weighted by atomic mass is 32.2. The van der Waals surface area contributed by atoms with Gasteiger partial charge in [0.25, 0.3) is 10.0 Å². The van der Waals surface area contributed by atoms with Gasteiger partial charge in [-0.05, 0) is 36.4 Å². The molecule has 3 heterocycles. The molecule has 204 valence electrons. The number of aromatic nitrogens is 4. The minimum Gasteiger partial charge on any atom is -0.347 e. The average molecular weight is 571 g/mol. The van der Waals surface area contributed by atoms with E-state index in [2.05, 4.69) is 19.9 Å². The smallest absolute Gasteiger partial charge is 0.265 e. The first-order valence-corrected chi connectivity index (χ1v) is 12.9. The standard InChI is InChI=1S/C26H18F4N6O3S/c1-36(2)26-33-10-14(11-34-26)13-7-16-17(12-32-25(16)31-9-13)24(37)22-19(29)5-6-20(23(22)30)35-40(38,39)21-8-15(27)3-4-18(21)28/h3-12,35H,1-2H3,(H,31,32). The summed E-state index contributed by atoms with van der Waals surface area (Å²) in [6, 6.07) is 4.66. The second-order valence-corrected chi connectivity index (χ2v) is 10.4. The summed E-state index contributed by atoms with van der Waals surface area (Å²) in [6.45, 7) is 0. The quantitative estimate of drug-likeness (QED) is 0.215. The zero-order chi connectivity index (χ0) is 28.8. The van der Waals surface area contributed by atoms with Gasteiger partial charge in [0.1, 0.15) is 28.0 Å². The molecule has 14 heteroatoms. The Labute approximate surface area is 224 Å². The minimum absolute atomic E-state index is 0.149. The zero-order valence-electron chi connectivity index (χ0n) is 20.7. The van der Waals surface area contributed by atoms with Crippen LogP contribution in [0.5, 0.6) is 0 Å². The molecule has 5 aromatic rings. The second kappa shape index (κ2) is 10.0. The molecule has 40 heavy (non-hydrogen) atoms. The lowest BCUT2D eigenvalue weighted by Gasteiger charge is -2.12. The highest BCUT2D eigenvalue weighted by molar-refractivity contribution is 7.92. The van der Waals surface area contributed by atoms with Crippen LogP contribution in [-0.4, -0.2) is 48.2 Å². The fraction of sp³-hybridized carbons (Fsp3) is 0.0769. The first-order valence-electron chi connectivity index (χ1n) is 11.4. The molecule has 2 aromatic carbocycles. The number of halogens is 4. The van der Waals surface area contributed by atoms with E-state index in [1.165, 1.54) is 12.4 Å². The van der Waals surface area contributed by atoms with Crippen LogP contribution in [0.3, 0.4) is 0 Å². The van der Waals surface area contributed by atoms with Gasteiger partial charge >= 0.3 is 0 Å². The molecule has 0 spiro atoms. The number of benzene rings is 2. The number of hydrogen-bond donors (Lipinski definition) is 2. The molecule has 2 N–H and O–H groups in total. The number of aromatic amines is 1. The van der Waals surface area contributed by atoms with Crippen molar-refractivity contribution in [3.05, 3.63) is 95.6 Å². The number of carbonyl (C=O) groups excluding carboxylic acids is 1. The Kier molecular flexibility index (Phi) is 6.71. The summed E-state index contributed by atoms with van der Waals surface area (Å²) in [4.78, 5) is 29.5. The Morgan fingerprint density at radius 3 is 2.27 bits per heavy atom. The van der Waals surface area contributed by atoms with Gasteiger partial charge in [-0.25, -0.2) is 40.9 Å². The molecular weight excluding hydrogens is 552 g/mol. The molecule has 5 rings (SSSR count). The number of H-pyrrole nitrogens is 1. The van der Waals surface area contributed by atoms with Gasteiger partial charge in [-0.3, -0.25) is 9.52 Å². The average Bonchev–Trinajstić information content (AvgIpc) is 3.35. The van der Waals surface area contributed by atoms with E-state index in [4.69, 9.17) is 0 Å². The van der Waals surface area contributed by atoms with Crippen molar-refractivity contribution in [2.75, 3.05) is 23.7 Å². The monoisotopic (exact) mass is 570 g/mol. The summed E-state index contributed by atoms with van der Waals surface area (Å²) in [5.41, 5.74) is -0.722. The Morgan fingerprint density at radius 2 is 1.57 bits per heavy atom. The van der Waals surface area contributed by atoms with Crippen molar-refractivity contribution in [3.63, 3.8) is 0 Å². The molecule has 0 aliphatic heterocycles. The molecule has 0 amide bonds. The van der Waals surface area contributed by atoms with Gasteiger partial charge in [0.05, 0.1) is 11.3 Å². The number of anilines is 2. The maximum Gasteiger partial charge on any atom is 0.265 e. The number of sulfonamides is 1. The summed E-state index contributed by atoms with van der Waals surface area (Å²) in [5, 5.41) is 0.228. The maximum atomic E-state index is 15.4. The Bertz CT molecular complexity index is 1890. The van der Waals surface area contributed by atoms with E-state index in [1.54, 1.807) is 42.2 Å². The summed E-state index contributed by atoms with van der Waals surface area (Å²) in [6.07, 6.45) is 5.82. The summed E-state index contributed by atoms with van der Waals surface area (Å²) in [5.74, 6) is -5.80. The number of carbonyl (C=O) groups is 1. The van der Waals surface area contributed by atoms with E-state index in [0.717, 1.165) is 6.07 Å². The van der Waals surface area contributed by atoms with Crippen molar-refractivity contribution in [3.8, 4) is 11.1 Å². The third-order valence-electron chi connectivity index (χ3n) is 5.89. The van der Waals surface area contributed by atoms with Crippen LogP contribution in [0.4, 0.5) is 29.2 Å². The minimum atomic E-state index is -4.85. The number of fused-ring (bicyclic) bond motifs is 1. The molecule has 0 saturated carbocycles. The number of nitrogens with zero attached hydrogens (tertiary/aromatic N) is 4. The van der Waals surface area contributed by atoms with Gasteiger partial charge in [-0.1, -0.05) is 0 Å². The lowest BCUT2D eigenvalue weighted by molar-refractivity contribution is 0.103. The van der Waals surface area contributed by atoms with Gasteiger partial charge in [0, 0.05) is 61.0 Å². The Morgan fingerprint density at radius 1 is 0.900 bits per heavy atom. The van der Waals surface area contributed by atoms with Crippen molar-refractivity contribution in [2.45, 2.75) is 4.90 Å². The van der Waals surface area contributed by atoms with Gasteiger partial charge in [-0.15, -0.1) is 0 Å². The van der Waals surface area contributed by atoms with E-state index >= 15 is 4.39 Å². The molecule has 3 aromatic heterocycles. The fourth-order valence-electron chi connectivity index (χ4n) is 3.91. The Hall–Kier alpha value is -4.85. The van der Waals surface area contributed by atoms with Gasteiger partial charge < -0.3 is 9.88 Å². The van der Waals surface area contributed by atoms with Crippen LogP contribution >= 0.6 is 0 Å². The van der Waals surface area contributed by atoms with Crippen molar-refractivity contribution in [1.82, 2.24) is 19.9 Å². The van der Waals surface area contributed by atoms with Crippen molar-refractivity contribution in [1.29, 1.82) is 0 Å². The summed E-state index contributed by atoms with van der Waals surface area (Å²) < 4.78 is 84.9. The topological polar surface area (TPSA) is 121 Å². The number of ketones is 1. The van der Waals surface area contributed by atoms with Crippen molar-refractivity contribution >= 4 is 38.5 Å². The van der Waals surface area contributed by atoms with Crippen LogP contribution in [-0.2, 0) is 10.0 Å². The van der Waals surface area contributed by atoms with E-state index < -0.39 is 55.2 Å². The fourth-order valence-corrected chi connectivity index (χ4v) is 5.06. The van der Waals surface area contributed by atoms with Crippen molar-refractivity contribution < 1.29 is 30.8 Å². The maximum absolute atomic E-state index is 15.4. The third-order valence-corrected chi connectivity index (χ3v) is 7.27. The Balaban J connectivity index is 1.53. The SMILES string of the molecule is CN(C)c1ncc(-c2cnc3[nH]cc(C(=O)c4c(F)ccc(NS(=O)(=O)c5cc(F)ccc5F)c4F)c3c2)cn1. The predicted molar refractivity (Wildman–Crippen MR) is 138 cm³/mol. The molecule has 0 unspecified atom stereocenters. The normalized spacial score (nSPS) is 11.6. The van der Waals surface area contributed by atoms with Crippen molar-refractivity contribution in [2.24, 2.45) is 0 Å². The molecule has 0 radical (unpaired) electrons. The molecule has 0 aliphatic carbocycles. The summed E-state index contributed by atoms with van der Waals surface area (Å²) in [7, 11) is -1.30. The van der Waals surface area contributed by atoms with E-state index in [0.29, 0.717) is 41.3 Å². The highest BCUT2D eigenvalue weighted by Crippen LogP contribution is 2.30. The van der Waals surface area contributed by atoms with E-state index in [9.17, 15) is 26.4 Å². The van der Waals surface area contributed by atoms with Crippen LogP contribution in [0.25, 0.3) is 22.2 Å². The van der Waals surface area contributed by atoms with Crippen LogP contribution in [0.2, 0.25) is 0 Å². The molecule has 9 nitrogen and oxygen atoms in total. The molecule has 0 fully saturated rings. The van der Waals surface area contributed by atoms with Crippen LogP contribution in [0, 0.1) is 23.3 Å². The van der Waals surface area contributed by atoms with Gasteiger partial charge in [0.2, 0.25) is 11.7 Å². The third kappa shape index (κ3) is 4.84. The highest BCUT2D eigenvalue weighted by Gasteiger charge is 2.27. The zero-order valence-corrected chi connectivity index (χ0v) is 21.5. The molecule has 0 bridgehead atoms.